The number of carbonyl (C=O) groups excluding carboxylic acids is 1. The second-order valence-corrected chi connectivity index (χ2v) is 4.57. The fourth-order valence-electron chi connectivity index (χ4n) is 1.34. The Bertz CT molecular complexity index is 453. The van der Waals surface area contributed by atoms with Crippen molar-refractivity contribution in [1.82, 2.24) is 10.6 Å². The minimum absolute atomic E-state index is 0.0897. The molecule has 6 nitrogen and oxygen atoms in total. The van der Waals surface area contributed by atoms with Gasteiger partial charge in [0.1, 0.15) is 0 Å². The van der Waals surface area contributed by atoms with Crippen molar-refractivity contribution >= 4 is 27.9 Å². The smallest absolute Gasteiger partial charge is 0.334 e. The molecule has 0 radical (unpaired) electrons. The van der Waals surface area contributed by atoms with Gasteiger partial charge in [-0.15, -0.1) is 0 Å². The summed E-state index contributed by atoms with van der Waals surface area (Å²) in [6.07, 6.45) is -1.05. The predicted molar refractivity (Wildman–Crippen MR) is 72.8 cm³/mol. The van der Waals surface area contributed by atoms with Crippen molar-refractivity contribution in [2.24, 2.45) is 0 Å². The Hall–Kier alpha value is -1.60. The summed E-state index contributed by atoms with van der Waals surface area (Å²) in [5.41, 5.74) is 0.930. The van der Waals surface area contributed by atoms with Gasteiger partial charge in [0.05, 0.1) is 6.54 Å². The first-order chi connectivity index (χ1) is 9.04. The van der Waals surface area contributed by atoms with E-state index in [2.05, 4.69) is 26.6 Å². The molecule has 2 amide bonds. The zero-order valence-electron chi connectivity index (χ0n) is 10.4. The number of halogens is 1. The van der Waals surface area contributed by atoms with E-state index >= 15 is 0 Å². The van der Waals surface area contributed by atoms with Gasteiger partial charge in [-0.1, -0.05) is 34.1 Å². The Labute approximate surface area is 119 Å². The van der Waals surface area contributed by atoms with Crippen LogP contribution in [0.3, 0.4) is 0 Å². The molecule has 0 bridgehead atoms. The monoisotopic (exact) mass is 330 g/mol. The van der Waals surface area contributed by atoms with Gasteiger partial charge in [0.2, 0.25) is 0 Å². The number of amides is 2. The number of benzene rings is 1. The van der Waals surface area contributed by atoms with Gasteiger partial charge in [0, 0.05) is 18.1 Å². The molecular weight excluding hydrogens is 316 g/mol. The molecule has 104 valence electrons. The zero-order chi connectivity index (χ0) is 14.3. The lowest BCUT2D eigenvalue weighted by Gasteiger charge is -2.12. The summed E-state index contributed by atoms with van der Waals surface area (Å²) in [5.74, 6) is -1.12. The number of aliphatic carboxylic acids is 1. The molecule has 0 aliphatic rings. The van der Waals surface area contributed by atoms with E-state index in [1.165, 1.54) is 7.11 Å². The molecule has 3 N–H and O–H groups in total. The molecule has 0 aliphatic heterocycles. The van der Waals surface area contributed by atoms with Crippen LogP contribution in [0.2, 0.25) is 0 Å². The number of carbonyl (C=O) groups is 2. The highest BCUT2D eigenvalue weighted by atomic mass is 79.9. The van der Waals surface area contributed by atoms with Crippen LogP contribution >= 0.6 is 15.9 Å². The molecule has 0 heterocycles. The fourth-order valence-corrected chi connectivity index (χ4v) is 1.76. The van der Waals surface area contributed by atoms with Gasteiger partial charge in [-0.25, -0.2) is 9.59 Å². The van der Waals surface area contributed by atoms with Gasteiger partial charge in [-0.3, -0.25) is 0 Å². The molecule has 19 heavy (non-hydrogen) atoms. The average molecular weight is 331 g/mol. The van der Waals surface area contributed by atoms with Gasteiger partial charge in [0.15, 0.2) is 6.10 Å². The lowest BCUT2D eigenvalue weighted by Crippen LogP contribution is -2.42. The molecule has 7 heteroatoms. The predicted octanol–water partition coefficient (Wildman–Crippen LogP) is 1.35. The van der Waals surface area contributed by atoms with E-state index in [1.807, 2.05) is 24.3 Å². The van der Waals surface area contributed by atoms with Crippen molar-refractivity contribution in [1.29, 1.82) is 0 Å². The first kappa shape index (κ1) is 15.5. The van der Waals surface area contributed by atoms with Crippen LogP contribution in [0.4, 0.5) is 4.79 Å². The summed E-state index contributed by atoms with van der Waals surface area (Å²) < 4.78 is 5.59. The standard InChI is InChI=1S/C12H15BrN2O4/c1-19-10(11(16)17)7-15-12(18)14-6-8-4-2-3-5-9(8)13/h2-5,10H,6-7H2,1H3,(H,16,17)(H2,14,15,18). The van der Waals surface area contributed by atoms with Gasteiger partial charge in [0.25, 0.3) is 0 Å². The van der Waals surface area contributed by atoms with Crippen LogP contribution < -0.4 is 10.6 Å². The molecule has 1 unspecified atom stereocenters. The topological polar surface area (TPSA) is 87.7 Å². The molecule has 0 saturated carbocycles. The molecule has 0 spiro atoms. The van der Waals surface area contributed by atoms with Gasteiger partial charge in [-0.2, -0.15) is 0 Å². The first-order valence-electron chi connectivity index (χ1n) is 5.55. The molecule has 0 aliphatic carbocycles. The number of hydrogen-bond donors (Lipinski definition) is 3. The van der Waals surface area contributed by atoms with Crippen molar-refractivity contribution in [3.05, 3.63) is 34.3 Å². The average Bonchev–Trinajstić information content (AvgIpc) is 2.38. The van der Waals surface area contributed by atoms with Crippen LogP contribution in [0.15, 0.2) is 28.7 Å². The minimum atomic E-state index is -1.12. The number of carboxylic acid groups (broad SMARTS) is 1. The maximum atomic E-state index is 11.5. The van der Waals surface area contributed by atoms with Crippen LogP contribution in [0.1, 0.15) is 5.56 Å². The van der Waals surface area contributed by atoms with E-state index < -0.39 is 18.1 Å². The Morgan fingerprint density at radius 3 is 2.63 bits per heavy atom. The van der Waals surface area contributed by atoms with Crippen LogP contribution in [-0.4, -0.2) is 36.9 Å². The Balaban J connectivity index is 2.36. The molecule has 1 aromatic carbocycles. The van der Waals surface area contributed by atoms with Gasteiger partial charge >= 0.3 is 12.0 Å². The van der Waals surface area contributed by atoms with Crippen LogP contribution in [-0.2, 0) is 16.1 Å². The third-order valence-electron chi connectivity index (χ3n) is 2.41. The van der Waals surface area contributed by atoms with Crippen LogP contribution in [0.25, 0.3) is 0 Å². The maximum absolute atomic E-state index is 11.5. The summed E-state index contributed by atoms with van der Waals surface area (Å²) in [7, 11) is 1.28. The summed E-state index contributed by atoms with van der Waals surface area (Å²) >= 11 is 3.37. The van der Waals surface area contributed by atoms with E-state index in [-0.39, 0.29) is 6.54 Å². The van der Waals surface area contributed by atoms with E-state index in [0.717, 1.165) is 10.0 Å². The van der Waals surface area contributed by atoms with Gasteiger partial charge < -0.3 is 20.5 Å². The second-order valence-electron chi connectivity index (χ2n) is 3.72. The highest BCUT2D eigenvalue weighted by Gasteiger charge is 2.16. The summed E-state index contributed by atoms with van der Waals surface area (Å²) in [5, 5.41) is 13.8. The number of urea groups is 1. The van der Waals surface area contributed by atoms with Crippen LogP contribution in [0.5, 0.6) is 0 Å². The number of carboxylic acids is 1. The fraction of sp³-hybridized carbons (Fsp3) is 0.333. The number of ether oxygens (including phenoxy) is 1. The quantitative estimate of drug-likeness (QED) is 0.734. The zero-order valence-corrected chi connectivity index (χ0v) is 11.9. The van der Waals surface area contributed by atoms with Crippen molar-refractivity contribution in [3.8, 4) is 0 Å². The Morgan fingerprint density at radius 2 is 2.05 bits per heavy atom. The van der Waals surface area contributed by atoms with Crippen molar-refractivity contribution in [2.45, 2.75) is 12.6 Å². The lowest BCUT2D eigenvalue weighted by molar-refractivity contribution is -0.147. The summed E-state index contributed by atoms with van der Waals surface area (Å²) in [4.78, 5) is 22.1. The van der Waals surface area contributed by atoms with Crippen molar-refractivity contribution in [3.63, 3.8) is 0 Å². The minimum Gasteiger partial charge on any atom is -0.479 e. The second kappa shape index (κ2) is 7.75. The van der Waals surface area contributed by atoms with E-state index in [9.17, 15) is 9.59 Å². The van der Waals surface area contributed by atoms with Gasteiger partial charge in [-0.05, 0) is 11.6 Å². The largest absolute Gasteiger partial charge is 0.479 e. The third-order valence-corrected chi connectivity index (χ3v) is 3.18. The molecule has 1 rings (SSSR count). The Kier molecular flexibility index (Phi) is 6.31. The third kappa shape index (κ3) is 5.27. The highest BCUT2D eigenvalue weighted by molar-refractivity contribution is 9.10. The number of rotatable bonds is 6. The lowest BCUT2D eigenvalue weighted by atomic mass is 10.2. The number of methoxy groups -OCH3 is 1. The number of nitrogens with one attached hydrogen (secondary N) is 2. The summed E-state index contributed by atoms with van der Waals surface area (Å²) in [6.45, 7) is 0.256. The van der Waals surface area contributed by atoms with E-state index in [1.54, 1.807) is 0 Å². The molecule has 0 saturated heterocycles. The SMILES string of the molecule is COC(CNC(=O)NCc1ccccc1Br)C(=O)O. The molecule has 0 aromatic heterocycles. The van der Waals surface area contributed by atoms with Crippen molar-refractivity contribution < 1.29 is 19.4 Å². The summed E-state index contributed by atoms with van der Waals surface area (Å²) in [6, 6.07) is 7.05. The first-order valence-corrected chi connectivity index (χ1v) is 6.34. The van der Waals surface area contributed by atoms with Crippen LogP contribution in [0, 0.1) is 0 Å². The maximum Gasteiger partial charge on any atom is 0.334 e. The van der Waals surface area contributed by atoms with E-state index in [0.29, 0.717) is 6.54 Å². The Morgan fingerprint density at radius 1 is 1.37 bits per heavy atom. The number of hydrogen-bond acceptors (Lipinski definition) is 3. The normalized spacial score (nSPS) is 11.7. The van der Waals surface area contributed by atoms with Crippen molar-refractivity contribution in [2.75, 3.05) is 13.7 Å². The highest BCUT2D eigenvalue weighted by Crippen LogP contribution is 2.15. The van der Waals surface area contributed by atoms with E-state index in [4.69, 9.17) is 9.84 Å². The molecule has 1 atom stereocenters. The molecular formula is C12H15BrN2O4. The molecule has 1 aromatic rings. The molecule has 0 fully saturated rings.